The van der Waals surface area contributed by atoms with Crippen molar-refractivity contribution in [3.8, 4) is 0 Å². The Balaban J connectivity index is 0.00000200. The molecule has 2 aromatic rings. The number of nitrogens with zero attached hydrogens (tertiary/aromatic N) is 3. The van der Waals surface area contributed by atoms with Gasteiger partial charge >= 0.3 is 0 Å². The number of anilines is 1. The van der Waals surface area contributed by atoms with Gasteiger partial charge in [-0.25, -0.2) is 4.98 Å². The Hall–Kier alpha value is -1.17. The summed E-state index contributed by atoms with van der Waals surface area (Å²) >= 11 is 1.58. The van der Waals surface area contributed by atoms with Crippen LogP contribution in [0.15, 0.2) is 24.3 Å². The molecule has 0 spiro atoms. The maximum absolute atomic E-state index is 12.1. The molecule has 0 saturated heterocycles. The van der Waals surface area contributed by atoms with Crippen LogP contribution < -0.4 is 4.90 Å². The molecule has 0 fully saturated rings. The van der Waals surface area contributed by atoms with Crippen molar-refractivity contribution >= 4 is 45.0 Å². The predicted octanol–water partition coefficient (Wildman–Crippen LogP) is 3.02. The number of rotatable bonds is 5. The Labute approximate surface area is 129 Å². The highest BCUT2D eigenvalue weighted by Gasteiger charge is 2.17. The third-order valence-electron chi connectivity index (χ3n) is 2.89. The fourth-order valence-electron chi connectivity index (χ4n) is 1.79. The highest BCUT2D eigenvalue weighted by atomic mass is 35.5. The van der Waals surface area contributed by atoms with Crippen molar-refractivity contribution in [2.45, 2.75) is 13.3 Å². The Kier molecular flexibility index (Phi) is 6.39. The maximum atomic E-state index is 12.1. The molecule has 0 aliphatic rings. The molecule has 0 unspecified atom stereocenters. The van der Waals surface area contributed by atoms with Gasteiger partial charge in [0.25, 0.3) is 0 Å². The van der Waals surface area contributed by atoms with Crippen LogP contribution in [0.3, 0.4) is 0 Å². The third kappa shape index (κ3) is 3.91. The van der Waals surface area contributed by atoms with Crippen molar-refractivity contribution in [3.63, 3.8) is 0 Å². The second-order valence-corrected chi connectivity index (χ2v) is 5.68. The number of carbonyl (C=O) groups is 1. The molecular weight excluding hydrogens is 294 g/mol. The van der Waals surface area contributed by atoms with E-state index in [2.05, 4.69) is 9.88 Å². The number of halogens is 1. The van der Waals surface area contributed by atoms with Gasteiger partial charge in [0.1, 0.15) is 0 Å². The zero-order chi connectivity index (χ0) is 13.8. The van der Waals surface area contributed by atoms with Gasteiger partial charge in [0.15, 0.2) is 5.13 Å². The van der Waals surface area contributed by atoms with Gasteiger partial charge in [-0.2, -0.15) is 0 Å². The van der Waals surface area contributed by atoms with Crippen LogP contribution in [0.2, 0.25) is 0 Å². The molecule has 0 aliphatic heterocycles. The second kappa shape index (κ2) is 7.57. The number of aromatic nitrogens is 1. The number of fused-ring (bicyclic) bond motifs is 1. The summed E-state index contributed by atoms with van der Waals surface area (Å²) in [6, 6.07) is 7.99. The first-order valence-electron chi connectivity index (χ1n) is 6.42. The fraction of sp³-hybridized carbons (Fsp3) is 0.429. The van der Waals surface area contributed by atoms with Crippen LogP contribution in [0, 0.1) is 0 Å². The molecule has 1 aromatic carbocycles. The summed E-state index contributed by atoms with van der Waals surface area (Å²) in [7, 11) is 4.01. The second-order valence-electron chi connectivity index (χ2n) is 4.67. The SMILES string of the molecule is CCC(=O)N(CCN(C)C)c1nc2ccccc2s1.Cl. The van der Waals surface area contributed by atoms with Gasteiger partial charge in [-0.15, -0.1) is 12.4 Å². The largest absolute Gasteiger partial charge is 0.308 e. The van der Waals surface area contributed by atoms with E-state index in [0.717, 1.165) is 21.9 Å². The number of hydrogen-bond acceptors (Lipinski definition) is 4. The zero-order valence-electron chi connectivity index (χ0n) is 12.0. The Morgan fingerprint density at radius 2 is 1.95 bits per heavy atom. The molecule has 0 atom stereocenters. The third-order valence-corrected chi connectivity index (χ3v) is 3.95. The van der Waals surface area contributed by atoms with Crippen LogP contribution in [0.1, 0.15) is 13.3 Å². The van der Waals surface area contributed by atoms with Gasteiger partial charge in [0.05, 0.1) is 10.2 Å². The van der Waals surface area contributed by atoms with Crippen LogP contribution in [0.5, 0.6) is 0 Å². The maximum Gasteiger partial charge on any atom is 0.228 e. The number of para-hydroxylation sites is 1. The minimum Gasteiger partial charge on any atom is -0.308 e. The number of amides is 1. The summed E-state index contributed by atoms with van der Waals surface area (Å²) in [4.78, 5) is 20.5. The number of carbonyl (C=O) groups excluding carboxylic acids is 1. The Morgan fingerprint density at radius 1 is 1.25 bits per heavy atom. The van der Waals surface area contributed by atoms with E-state index < -0.39 is 0 Å². The van der Waals surface area contributed by atoms with Crippen molar-refractivity contribution in [3.05, 3.63) is 24.3 Å². The van der Waals surface area contributed by atoms with Crippen molar-refractivity contribution < 1.29 is 4.79 Å². The smallest absolute Gasteiger partial charge is 0.228 e. The number of likely N-dealkylation sites (N-methyl/N-ethyl adjacent to an activating group) is 1. The van der Waals surface area contributed by atoms with Crippen LogP contribution in [-0.4, -0.2) is 43.0 Å². The lowest BCUT2D eigenvalue weighted by atomic mass is 10.3. The molecule has 1 aromatic heterocycles. The van der Waals surface area contributed by atoms with Gasteiger partial charge in [-0.05, 0) is 26.2 Å². The molecule has 20 heavy (non-hydrogen) atoms. The summed E-state index contributed by atoms with van der Waals surface area (Å²) in [6.45, 7) is 3.40. The standard InChI is InChI=1S/C14H19N3OS.ClH/c1-4-13(18)17(10-9-16(2)3)14-15-11-7-5-6-8-12(11)19-14;/h5-8H,4,9-10H2,1-3H3;1H. The van der Waals surface area contributed by atoms with Crippen molar-refractivity contribution in [1.82, 2.24) is 9.88 Å². The minimum atomic E-state index is 0. The van der Waals surface area contributed by atoms with Crippen LogP contribution in [0.4, 0.5) is 5.13 Å². The Morgan fingerprint density at radius 3 is 2.55 bits per heavy atom. The van der Waals surface area contributed by atoms with Crippen LogP contribution in [0.25, 0.3) is 10.2 Å². The summed E-state index contributed by atoms with van der Waals surface area (Å²) in [5.74, 6) is 0.126. The predicted molar refractivity (Wildman–Crippen MR) is 88.1 cm³/mol. The Bertz CT molecular complexity index is 537. The lowest BCUT2D eigenvalue weighted by Crippen LogP contribution is -2.36. The highest BCUT2D eigenvalue weighted by molar-refractivity contribution is 7.22. The van der Waals surface area contributed by atoms with Crippen LogP contribution >= 0.6 is 23.7 Å². The van der Waals surface area contributed by atoms with E-state index in [1.165, 1.54) is 0 Å². The monoisotopic (exact) mass is 313 g/mol. The number of thiazole rings is 1. The first-order valence-corrected chi connectivity index (χ1v) is 7.24. The van der Waals surface area contributed by atoms with Gasteiger partial charge < -0.3 is 4.90 Å². The van der Waals surface area contributed by atoms with Crippen molar-refractivity contribution in [2.24, 2.45) is 0 Å². The van der Waals surface area contributed by atoms with Crippen molar-refractivity contribution in [1.29, 1.82) is 0 Å². The summed E-state index contributed by atoms with van der Waals surface area (Å²) in [6.07, 6.45) is 0.503. The average Bonchev–Trinajstić information content (AvgIpc) is 2.81. The molecule has 0 saturated carbocycles. The molecule has 6 heteroatoms. The van der Waals surface area contributed by atoms with Gasteiger partial charge in [-0.3, -0.25) is 9.69 Å². The lowest BCUT2D eigenvalue weighted by Gasteiger charge is -2.21. The van der Waals surface area contributed by atoms with E-state index in [-0.39, 0.29) is 18.3 Å². The summed E-state index contributed by atoms with van der Waals surface area (Å²) in [5, 5.41) is 0.801. The molecule has 110 valence electrons. The number of hydrogen-bond donors (Lipinski definition) is 0. The summed E-state index contributed by atoms with van der Waals surface area (Å²) < 4.78 is 1.12. The average molecular weight is 314 g/mol. The first kappa shape index (κ1) is 16.9. The minimum absolute atomic E-state index is 0. The van der Waals surface area contributed by atoms with Gasteiger partial charge in [0, 0.05) is 19.5 Å². The number of benzene rings is 1. The molecule has 2 rings (SSSR count). The first-order chi connectivity index (χ1) is 9.11. The van der Waals surface area contributed by atoms with E-state index in [1.54, 1.807) is 16.2 Å². The van der Waals surface area contributed by atoms with E-state index >= 15 is 0 Å². The molecular formula is C14H20ClN3OS. The van der Waals surface area contributed by atoms with E-state index in [0.29, 0.717) is 13.0 Å². The van der Waals surface area contributed by atoms with E-state index in [9.17, 15) is 4.79 Å². The molecule has 4 nitrogen and oxygen atoms in total. The molecule has 0 bridgehead atoms. The van der Waals surface area contributed by atoms with Crippen molar-refractivity contribution in [2.75, 3.05) is 32.1 Å². The van der Waals surface area contributed by atoms with Crippen LogP contribution in [-0.2, 0) is 4.79 Å². The summed E-state index contributed by atoms with van der Waals surface area (Å²) in [5.41, 5.74) is 0.959. The van der Waals surface area contributed by atoms with Gasteiger partial charge in [-0.1, -0.05) is 30.4 Å². The van der Waals surface area contributed by atoms with E-state index in [4.69, 9.17) is 0 Å². The topological polar surface area (TPSA) is 36.4 Å². The fourth-order valence-corrected chi connectivity index (χ4v) is 2.80. The van der Waals surface area contributed by atoms with Gasteiger partial charge in [0.2, 0.25) is 5.91 Å². The normalized spacial score (nSPS) is 10.6. The zero-order valence-corrected chi connectivity index (χ0v) is 13.6. The molecule has 0 radical (unpaired) electrons. The quantitative estimate of drug-likeness (QED) is 0.851. The molecule has 0 aliphatic carbocycles. The molecule has 0 N–H and O–H groups in total. The molecule has 1 heterocycles. The van der Waals surface area contributed by atoms with E-state index in [1.807, 2.05) is 45.3 Å². The highest BCUT2D eigenvalue weighted by Crippen LogP contribution is 2.28. The lowest BCUT2D eigenvalue weighted by molar-refractivity contribution is -0.118. The molecule has 1 amide bonds.